The number of rotatable bonds is 6. The molecule has 0 N–H and O–H groups in total. The van der Waals surface area contributed by atoms with E-state index in [0.717, 1.165) is 129 Å². The third kappa shape index (κ3) is 7.93. The maximum absolute atomic E-state index is 7.52. The SMILES string of the molecule is CC1(C)c2ccccc2-c2cc3c(oc4ccccc43)c(N3c4ccccc4B4c5ccccc5N(c5c6c(cc7c5oc5ccccc57)-c5cc(CC7(C)c8ccccc8-c8cc9c(cc87)oc7c(N8c%10ccccc%10B%10c%11ccccc%11N(c%11ccccc%11)c%11cccc8c%11%10)cccc79)ccc5C6(C)C)c5cccc3c54)c21. The van der Waals surface area contributed by atoms with Gasteiger partial charge >= 0.3 is 0 Å². The zero-order valence-electron chi connectivity index (χ0n) is 63.5. The van der Waals surface area contributed by atoms with E-state index in [1.807, 2.05) is 0 Å². The Balaban J connectivity index is 0.637. The summed E-state index contributed by atoms with van der Waals surface area (Å²) in [5.74, 6) is 0. The predicted octanol–water partition coefficient (Wildman–Crippen LogP) is 23.7. The third-order valence-electron chi connectivity index (χ3n) is 27.4. The van der Waals surface area contributed by atoms with Gasteiger partial charge in [0.05, 0.1) is 17.1 Å². The van der Waals surface area contributed by atoms with Crippen LogP contribution in [0.5, 0.6) is 0 Å². The molecule has 19 aromatic rings. The summed E-state index contributed by atoms with van der Waals surface area (Å²) in [5.41, 5.74) is 41.7. The Hall–Kier alpha value is -13.8. The van der Waals surface area contributed by atoms with Gasteiger partial charge in [0.25, 0.3) is 13.4 Å². The average Bonchev–Trinajstić information content (AvgIpc) is 1.45. The Bertz CT molecular complexity index is 7570. The summed E-state index contributed by atoms with van der Waals surface area (Å²) in [6, 6.07) is 120. The van der Waals surface area contributed by atoms with Crippen molar-refractivity contribution in [3.63, 3.8) is 0 Å². The average molecular weight is 1460 g/mol. The number of benzene rings is 16. The van der Waals surface area contributed by atoms with Gasteiger partial charge < -0.3 is 32.9 Å². The van der Waals surface area contributed by atoms with Crippen LogP contribution in [0, 0.1) is 0 Å². The van der Waals surface area contributed by atoms with Crippen molar-refractivity contribution >= 4 is 180 Å². The van der Waals surface area contributed by atoms with E-state index >= 15 is 0 Å². The van der Waals surface area contributed by atoms with E-state index in [1.165, 1.54) is 116 Å². The first kappa shape index (κ1) is 62.9. The van der Waals surface area contributed by atoms with Gasteiger partial charge in [-0.05, 0) is 215 Å². The molecule has 7 aliphatic rings. The van der Waals surface area contributed by atoms with E-state index in [4.69, 9.17) is 13.3 Å². The lowest BCUT2D eigenvalue weighted by molar-refractivity contribution is 0.580. The lowest BCUT2D eigenvalue weighted by Gasteiger charge is -2.45. The Morgan fingerprint density at radius 3 is 1.25 bits per heavy atom. The fraction of sp³-hybridized carbons (Fsp3) is 0.0857. The number of anilines is 12. The smallest absolute Gasteiger partial charge is 0.252 e. The largest absolute Gasteiger partial charge is 0.454 e. The number of hydrogen-bond donors (Lipinski definition) is 0. The van der Waals surface area contributed by atoms with Crippen LogP contribution in [0.15, 0.2) is 335 Å². The first-order chi connectivity index (χ1) is 56.0. The molecule has 3 aromatic heterocycles. The maximum Gasteiger partial charge on any atom is 0.252 e. The number of fused-ring (bicyclic) bond motifs is 26. The number of hydrogen-bond acceptors (Lipinski definition) is 7. The van der Waals surface area contributed by atoms with Gasteiger partial charge in [0.15, 0.2) is 16.7 Å². The van der Waals surface area contributed by atoms with E-state index in [1.54, 1.807) is 0 Å². The first-order valence-electron chi connectivity index (χ1n) is 40.2. The second-order valence-electron chi connectivity index (χ2n) is 33.8. The van der Waals surface area contributed by atoms with Crippen molar-refractivity contribution < 1.29 is 13.3 Å². The Morgan fingerprint density at radius 1 is 0.263 bits per heavy atom. The van der Waals surface area contributed by atoms with Gasteiger partial charge in [-0.1, -0.05) is 253 Å². The molecule has 0 amide bonds. The molecule has 114 heavy (non-hydrogen) atoms. The van der Waals surface area contributed by atoms with Gasteiger partial charge in [-0.25, -0.2) is 0 Å². The van der Waals surface area contributed by atoms with Crippen LogP contribution in [0.4, 0.5) is 68.2 Å². The maximum atomic E-state index is 7.52. The molecule has 4 aliphatic heterocycles. The quantitative estimate of drug-likeness (QED) is 0.154. The Morgan fingerprint density at radius 2 is 0.667 bits per heavy atom. The van der Waals surface area contributed by atoms with E-state index in [0.29, 0.717) is 0 Å². The summed E-state index contributed by atoms with van der Waals surface area (Å²) in [6.45, 7) is 12.1. The van der Waals surface area contributed by atoms with Gasteiger partial charge in [0.2, 0.25) is 0 Å². The molecule has 7 heterocycles. The molecule has 1 unspecified atom stereocenters. The second kappa shape index (κ2) is 22.1. The summed E-state index contributed by atoms with van der Waals surface area (Å²) in [6.07, 6.45) is 0.762. The molecule has 9 heteroatoms. The highest BCUT2D eigenvalue weighted by Gasteiger charge is 2.51. The van der Waals surface area contributed by atoms with Crippen LogP contribution < -0.4 is 52.4 Å². The van der Waals surface area contributed by atoms with Gasteiger partial charge in [-0.2, -0.15) is 0 Å². The minimum absolute atomic E-state index is 0.0316. The van der Waals surface area contributed by atoms with Crippen molar-refractivity contribution in [3.05, 3.63) is 360 Å². The molecular formula is C105H70B2N4O3. The fourth-order valence-corrected chi connectivity index (χ4v) is 22.7. The predicted molar refractivity (Wildman–Crippen MR) is 473 cm³/mol. The van der Waals surface area contributed by atoms with Crippen LogP contribution in [-0.4, -0.2) is 13.4 Å². The first-order valence-corrected chi connectivity index (χ1v) is 40.2. The molecule has 7 nitrogen and oxygen atoms in total. The minimum Gasteiger partial charge on any atom is -0.454 e. The molecule has 1 atom stereocenters. The van der Waals surface area contributed by atoms with Crippen LogP contribution >= 0.6 is 0 Å². The molecule has 0 saturated heterocycles. The van der Waals surface area contributed by atoms with Crippen LogP contribution in [-0.2, 0) is 22.7 Å². The molecular weight excluding hydrogens is 1390 g/mol. The lowest BCUT2D eigenvalue weighted by Crippen LogP contribution is -2.61. The fourth-order valence-electron chi connectivity index (χ4n) is 22.7. The van der Waals surface area contributed by atoms with Gasteiger partial charge in [-0.3, -0.25) is 0 Å². The molecule has 0 fully saturated rings. The van der Waals surface area contributed by atoms with Crippen LogP contribution in [0.2, 0.25) is 0 Å². The molecule has 0 radical (unpaired) electrons. The minimum atomic E-state index is -0.489. The normalized spacial score (nSPS) is 16.2. The van der Waals surface area contributed by atoms with Crippen molar-refractivity contribution in [3.8, 4) is 33.4 Å². The molecule has 16 aromatic carbocycles. The van der Waals surface area contributed by atoms with E-state index in [2.05, 4.69) is 376 Å². The summed E-state index contributed by atoms with van der Waals surface area (Å²) < 4.78 is 22.3. The summed E-state index contributed by atoms with van der Waals surface area (Å²) in [7, 11) is 0. The molecule has 534 valence electrons. The molecule has 0 saturated carbocycles. The Kier molecular flexibility index (Phi) is 12.2. The Labute approximate surface area is 660 Å². The number of furan rings is 3. The molecule has 3 aliphatic carbocycles. The van der Waals surface area contributed by atoms with Gasteiger partial charge in [-0.15, -0.1) is 0 Å². The summed E-state index contributed by atoms with van der Waals surface area (Å²) >= 11 is 0. The van der Waals surface area contributed by atoms with Crippen molar-refractivity contribution in [1.82, 2.24) is 0 Å². The van der Waals surface area contributed by atoms with E-state index in [-0.39, 0.29) is 18.8 Å². The summed E-state index contributed by atoms with van der Waals surface area (Å²) in [5, 5.41) is 6.63. The van der Waals surface area contributed by atoms with Crippen LogP contribution in [0.3, 0.4) is 0 Å². The van der Waals surface area contributed by atoms with Gasteiger partial charge in [0.1, 0.15) is 16.7 Å². The zero-order valence-corrected chi connectivity index (χ0v) is 63.5. The highest BCUT2D eigenvalue weighted by molar-refractivity contribution is 7.01. The van der Waals surface area contributed by atoms with Crippen molar-refractivity contribution in [2.24, 2.45) is 0 Å². The highest BCUT2D eigenvalue weighted by Crippen LogP contribution is 2.63. The third-order valence-corrected chi connectivity index (χ3v) is 27.4. The number of para-hydroxylation sites is 8. The van der Waals surface area contributed by atoms with Crippen molar-refractivity contribution in [2.75, 3.05) is 19.6 Å². The summed E-state index contributed by atoms with van der Waals surface area (Å²) in [4.78, 5) is 10.1. The van der Waals surface area contributed by atoms with E-state index < -0.39 is 10.8 Å². The highest BCUT2D eigenvalue weighted by atomic mass is 16.3. The zero-order chi connectivity index (χ0) is 75.1. The number of nitrogens with zero attached hydrogens (tertiary/aromatic N) is 4. The molecule has 26 rings (SSSR count). The monoisotopic (exact) mass is 1460 g/mol. The second-order valence-corrected chi connectivity index (χ2v) is 33.8. The molecule has 0 spiro atoms. The van der Waals surface area contributed by atoms with Crippen LogP contribution in [0.25, 0.3) is 99.2 Å². The van der Waals surface area contributed by atoms with E-state index in [9.17, 15) is 0 Å². The standard InChI is InChI=1S/C105H70B2N4O3/c1-103(2)74-35-13-9-31-63(74)70-56-72-64-32-11-23-50-91(64)112-101(72)98(94(70)103)110-84-43-21-17-39-80(84)107-81-40-18-22-44-85(81)111(89-48-27-47-88(110)97(89)107)99-95-71(57-73-65-33-12-24-51-92(65)113-102(73)99)67-54-60(52-53-75(67)104(95,3)4)59-105(5)76-36-14-10-30-62(76)68-55-69-66-34-25-49-90(100(66)114-93(69)58-77(68)105)109-83-42-20-16-38-79(83)106-78-37-15-19-41-82(78)108(61-28-7-6-8-29-61)86-45-26-46-87(109)96(86)106/h6-58H,59H2,1-5H3. The van der Waals surface area contributed by atoms with Crippen LogP contribution in [0.1, 0.15) is 73.6 Å². The van der Waals surface area contributed by atoms with Gasteiger partial charge in [0, 0.05) is 99.7 Å². The molecule has 0 bridgehead atoms. The lowest BCUT2D eigenvalue weighted by atomic mass is 9.33. The van der Waals surface area contributed by atoms with Crippen molar-refractivity contribution in [1.29, 1.82) is 0 Å². The topological polar surface area (TPSA) is 52.4 Å². The van der Waals surface area contributed by atoms with Crippen molar-refractivity contribution in [2.45, 2.75) is 57.3 Å².